The van der Waals surface area contributed by atoms with Gasteiger partial charge in [0.05, 0.1) is 17.1 Å². The van der Waals surface area contributed by atoms with E-state index < -0.39 is 0 Å². The first kappa shape index (κ1) is 10.5. The number of hydrogen-bond acceptors (Lipinski definition) is 3. The van der Waals surface area contributed by atoms with Crippen molar-refractivity contribution in [3.63, 3.8) is 0 Å². The normalized spacial score (nSPS) is 10.4. The molecule has 0 aliphatic heterocycles. The van der Waals surface area contributed by atoms with Gasteiger partial charge < -0.3 is 5.73 Å². The van der Waals surface area contributed by atoms with Crippen LogP contribution in [0, 0.1) is 0 Å². The molecule has 3 aromatic rings. The summed E-state index contributed by atoms with van der Waals surface area (Å²) in [5, 5.41) is 4.18. The SMILES string of the molecule is Nc1cccnc1-c1ccc(-n2cccn2)cc1. The van der Waals surface area contributed by atoms with E-state index in [4.69, 9.17) is 5.73 Å². The molecule has 2 aromatic heterocycles. The highest BCUT2D eigenvalue weighted by Gasteiger charge is 2.03. The van der Waals surface area contributed by atoms with Gasteiger partial charge in [-0.05, 0) is 30.3 Å². The van der Waals surface area contributed by atoms with Gasteiger partial charge >= 0.3 is 0 Å². The summed E-state index contributed by atoms with van der Waals surface area (Å²) in [6.07, 6.45) is 5.40. The van der Waals surface area contributed by atoms with Crippen LogP contribution in [-0.4, -0.2) is 14.8 Å². The molecule has 0 radical (unpaired) electrons. The molecule has 88 valence electrons. The molecule has 0 aliphatic carbocycles. The summed E-state index contributed by atoms with van der Waals surface area (Å²) in [4.78, 5) is 4.29. The molecule has 0 saturated carbocycles. The van der Waals surface area contributed by atoms with Crippen molar-refractivity contribution in [2.45, 2.75) is 0 Å². The lowest BCUT2D eigenvalue weighted by atomic mass is 10.1. The summed E-state index contributed by atoms with van der Waals surface area (Å²) in [7, 11) is 0. The highest BCUT2D eigenvalue weighted by Crippen LogP contribution is 2.23. The Hall–Kier alpha value is -2.62. The maximum atomic E-state index is 5.91. The van der Waals surface area contributed by atoms with Crippen LogP contribution < -0.4 is 5.73 Å². The van der Waals surface area contributed by atoms with Crippen LogP contribution in [0.3, 0.4) is 0 Å². The summed E-state index contributed by atoms with van der Waals surface area (Å²) >= 11 is 0. The van der Waals surface area contributed by atoms with E-state index in [2.05, 4.69) is 10.1 Å². The second kappa shape index (κ2) is 4.33. The van der Waals surface area contributed by atoms with Gasteiger partial charge in [-0.15, -0.1) is 0 Å². The van der Waals surface area contributed by atoms with E-state index in [-0.39, 0.29) is 0 Å². The minimum Gasteiger partial charge on any atom is -0.397 e. The molecule has 0 bridgehead atoms. The third-order valence-electron chi connectivity index (χ3n) is 2.75. The Morgan fingerprint density at radius 3 is 2.44 bits per heavy atom. The van der Waals surface area contributed by atoms with Crippen molar-refractivity contribution in [2.75, 3.05) is 5.73 Å². The Bertz CT molecular complexity index is 642. The fourth-order valence-corrected chi connectivity index (χ4v) is 1.85. The number of aromatic nitrogens is 3. The molecule has 0 atom stereocenters. The highest BCUT2D eigenvalue weighted by atomic mass is 15.3. The van der Waals surface area contributed by atoms with E-state index in [9.17, 15) is 0 Å². The van der Waals surface area contributed by atoms with Crippen LogP contribution in [0.1, 0.15) is 0 Å². The van der Waals surface area contributed by atoms with Crippen LogP contribution in [0.2, 0.25) is 0 Å². The zero-order chi connectivity index (χ0) is 12.4. The third kappa shape index (κ3) is 1.84. The first-order valence-corrected chi connectivity index (χ1v) is 5.65. The molecule has 0 amide bonds. The minimum atomic E-state index is 0.685. The molecule has 4 heteroatoms. The van der Waals surface area contributed by atoms with Crippen LogP contribution in [0.15, 0.2) is 61.1 Å². The van der Waals surface area contributed by atoms with E-state index >= 15 is 0 Å². The quantitative estimate of drug-likeness (QED) is 0.743. The van der Waals surface area contributed by atoms with Gasteiger partial charge in [0.25, 0.3) is 0 Å². The van der Waals surface area contributed by atoms with Crippen LogP contribution >= 0.6 is 0 Å². The molecule has 1 aromatic carbocycles. The Morgan fingerprint density at radius 1 is 0.944 bits per heavy atom. The fourth-order valence-electron chi connectivity index (χ4n) is 1.85. The first-order chi connectivity index (χ1) is 8.84. The molecule has 0 unspecified atom stereocenters. The van der Waals surface area contributed by atoms with Gasteiger partial charge in [0.2, 0.25) is 0 Å². The van der Waals surface area contributed by atoms with E-state index in [0.29, 0.717) is 5.69 Å². The monoisotopic (exact) mass is 236 g/mol. The predicted molar refractivity (Wildman–Crippen MR) is 71.2 cm³/mol. The zero-order valence-corrected chi connectivity index (χ0v) is 9.69. The summed E-state index contributed by atoms with van der Waals surface area (Å²) in [6, 6.07) is 13.6. The summed E-state index contributed by atoms with van der Waals surface area (Å²) in [5.41, 5.74) is 9.42. The van der Waals surface area contributed by atoms with Crippen molar-refractivity contribution >= 4 is 5.69 Å². The summed E-state index contributed by atoms with van der Waals surface area (Å²) in [5.74, 6) is 0. The molecule has 0 spiro atoms. The molecule has 2 heterocycles. The number of hydrogen-bond donors (Lipinski definition) is 1. The minimum absolute atomic E-state index is 0.685. The lowest BCUT2D eigenvalue weighted by Gasteiger charge is -2.06. The smallest absolute Gasteiger partial charge is 0.0931 e. The number of nitrogens with two attached hydrogens (primary N) is 1. The molecule has 2 N–H and O–H groups in total. The largest absolute Gasteiger partial charge is 0.397 e. The third-order valence-corrected chi connectivity index (χ3v) is 2.75. The molecular formula is C14H12N4. The second-order valence-electron chi connectivity index (χ2n) is 3.94. The standard InChI is InChI=1S/C14H12N4/c15-13-3-1-8-16-14(13)11-4-6-12(7-5-11)18-10-2-9-17-18/h1-10H,15H2. The molecule has 4 nitrogen and oxygen atoms in total. The lowest BCUT2D eigenvalue weighted by molar-refractivity contribution is 0.881. The maximum Gasteiger partial charge on any atom is 0.0931 e. The van der Waals surface area contributed by atoms with E-state index in [0.717, 1.165) is 16.9 Å². The van der Waals surface area contributed by atoms with E-state index in [1.54, 1.807) is 12.4 Å². The van der Waals surface area contributed by atoms with Gasteiger partial charge in [-0.25, -0.2) is 4.68 Å². The average Bonchev–Trinajstić information content (AvgIpc) is 2.94. The van der Waals surface area contributed by atoms with Gasteiger partial charge in [-0.1, -0.05) is 12.1 Å². The maximum absolute atomic E-state index is 5.91. The molecule has 3 rings (SSSR count). The number of nitrogens with zero attached hydrogens (tertiary/aromatic N) is 3. The van der Waals surface area contributed by atoms with Gasteiger partial charge in [-0.3, -0.25) is 4.98 Å². The van der Waals surface area contributed by atoms with Crippen molar-refractivity contribution in [2.24, 2.45) is 0 Å². The molecular weight excluding hydrogens is 224 g/mol. The fraction of sp³-hybridized carbons (Fsp3) is 0. The van der Waals surface area contributed by atoms with E-state index in [1.807, 2.05) is 53.3 Å². The summed E-state index contributed by atoms with van der Waals surface area (Å²) < 4.78 is 1.81. The van der Waals surface area contributed by atoms with Gasteiger partial charge in [0.15, 0.2) is 0 Å². The Balaban J connectivity index is 1.99. The van der Waals surface area contributed by atoms with Gasteiger partial charge in [0.1, 0.15) is 0 Å². The number of anilines is 1. The molecule has 0 aliphatic rings. The predicted octanol–water partition coefficient (Wildman–Crippen LogP) is 2.52. The van der Waals surface area contributed by atoms with Crippen molar-refractivity contribution in [3.8, 4) is 16.9 Å². The Kier molecular flexibility index (Phi) is 2.53. The summed E-state index contributed by atoms with van der Waals surface area (Å²) in [6.45, 7) is 0. The number of benzene rings is 1. The topological polar surface area (TPSA) is 56.7 Å². The van der Waals surface area contributed by atoms with Crippen LogP contribution in [-0.2, 0) is 0 Å². The second-order valence-corrected chi connectivity index (χ2v) is 3.94. The van der Waals surface area contributed by atoms with Crippen LogP contribution in [0.5, 0.6) is 0 Å². The van der Waals surface area contributed by atoms with Crippen molar-refractivity contribution < 1.29 is 0 Å². The first-order valence-electron chi connectivity index (χ1n) is 5.65. The van der Waals surface area contributed by atoms with Crippen molar-refractivity contribution in [3.05, 3.63) is 61.1 Å². The molecule has 18 heavy (non-hydrogen) atoms. The van der Waals surface area contributed by atoms with Gasteiger partial charge in [-0.2, -0.15) is 5.10 Å². The Labute approximate surface area is 105 Å². The highest BCUT2D eigenvalue weighted by molar-refractivity contribution is 5.72. The molecule has 0 fully saturated rings. The van der Waals surface area contributed by atoms with Crippen molar-refractivity contribution in [1.29, 1.82) is 0 Å². The van der Waals surface area contributed by atoms with E-state index in [1.165, 1.54) is 0 Å². The van der Waals surface area contributed by atoms with Crippen LogP contribution in [0.4, 0.5) is 5.69 Å². The van der Waals surface area contributed by atoms with Gasteiger partial charge in [0, 0.05) is 24.2 Å². The average molecular weight is 236 g/mol. The number of pyridine rings is 1. The Morgan fingerprint density at radius 2 is 1.78 bits per heavy atom. The van der Waals surface area contributed by atoms with Crippen molar-refractivity contribution in [1.82, 2.24) is 14.8 Å². The zero-order valence-electron chi connectivity index (χ0n) is 9.69. The molecule has 0 saturated heterocycles. The number of nitrogen functional groups attached to an aromatic ring is 1. The lowest BCUT2D eigenvalue weighted by Crippen LogP contribution is -1.95. The number of rotatable bonds is 2. The van der Waals surface area contributed by atoms with Crippen LogP contribution in [0.25, 0.3) is 16.9 Å².